The largest absolute Gasteiger partial charge is 0.368 e. The fourth-order valence-corrected chi connectivity index (χ4v) is 4.41. The van der Waals surface area contributed by atoms with Crippen LogP contribution in [0, 0.1) is 6.92 Å². The Morgan fingerprint density at radius 1 is 1.07 bits per heavy atom. The third kappa shape index (κ3) is 7.43. The first-order valence-corrected chi connectivity index (χ1v) is 11.3. The number of anilines is 1. The van der Waals surface area contributed by atoms with Gasteiger partial charge in [0.2, 0.25) is 0 Å². The molecule has 0 amide bonds. The van der Waals surface area contributed by atoms with E-state index in [4.69, 9.17) is 11.6 Å². The molecule has 1 N–H and O–H groups in total. The van der Waals surface area contributed by atoms with Crippen LogP contribution in [0.25, 0.3) is 0 Å². The molecule has 2 heterocycles. The summed E-state index contributed by atoms with van der Waals surface area (Å²) in [6.07, 6.45) is 2.44. The molecule has 0 aliphatic carbocycles. The Bertz CT molecular complexity index is 678. The molecule has 30 heavy (non-hydrogen) atoms. The molecular formula is C22H38ClIN6. The lowest BCUT2D eigenvalue weighted by molar-refractivity contribution is 0.273. The van der Waals surface area contributed by atoms with Crippen LogP contribution in [0.3, 0.4) is 0 Å². The van der Waals surface area contributed by atoms with Crippen LogP contribution in [0.4, 0.5) is 5.69 Å². The van der Waals surface area contributed by atoms with E-state index >= 15 is 0 Å². The Morgan fingerprint density at radius 3 is 2.57 bits per heavy atom. The van der Waals surface area contributed by atoms with Crippen molar-refractivity contribution in [2.24, 2.45) is 4.99 Å². The number of aryl methyl sites for hydroxylation is 1. The van der Waals surface area contributed by atoms with Crippen LogP contribution in [-0.4, -0.2) is 100 Å². The number of piperazine rings is 1. The van der Waals surface area contributed by atoms with Crippen molar-refractivity contribution >= 4 is 47.2 Å². The Hall–Kier alpha value is -0.770. The van der Waals surface area contributed by atoms with Crippen LogP contribution in [0.2, 0.25) is 5.02 Å². The van der Waals surface area contributed by atoms with Gasteiger partial charge < -0.3 is 24.9 Å². The van der Waals surface area contributed by atoms with Gasteiger partial charge in [-0.3, -0.25) is 4.99 Å². The van der Waals surface area contributed by atoms with Crippen LogP contribution in [-0.2, 0) is 0 Å². The van der Waals surface area contributed by atoms with Crippen LogP contribution < -0.4 is 10.2 Å². The van der Waals surface area contributed by atoms with Gasteiger partial charge in [0, 0.05) is 63.6 Å². The van der Waals surface area contributed by atoms with Gasteiger partial charge in [-0.1, -0.05) is 17.7 Å². The van der Waals surface area contributed by atoms with Crippen molar-refractivity contribution in [3.05, 3.63) is 28.8 Å². The molecule has 8 heteroatoms. The second-order valence-corrected chi connectivity index (χ2v) is 8.67. The second-order valence-electron chi connectivity index (χ2n) is 8.23. The minimum atomic E-state index is 0. The molecule has 2 aliphatic rings. The smallest absolute Gasteiger partial charge is 0.193 e. The summed E-state index contributed by atoms with van der Waals surface area (Å²) >= 11 is 6.21. The zero-order valence-electron chi connectivity index (χ0n) is 18.7. The molecule has 0 atom stereocenters. The lowest BCUT2D eigenvalue weighted by atomic mass is 10.1. The molecule has 6 nitrogen and oxygen atoms in total. The highest BCUT2D eigenvalue weighted by molar-refractivity contribution is 14.0. The maximum Gasteiger partial charge on any atom is 0.193 e. The van der Waals surface area contributed by atoms with Crippen molar-refractivity contribution in [1.29, 1.82) is 0 Å². The number of rotatable bonds is 5. The van der Waals surface area contributed by atoms with E-state index in [9.17, 15) is 0 Å². The van der Waals surface area contributed by atoms with E-state index in [1.54, 1.807) is 0 Å². The maximum atomic E-state index is 6.21. The molecule has 2 saturated heterocycles. The summed E-state index contributed by atoms with van der Waals surface area (Å²) in [5.41, 5.74) is 2.54. The van der Waals surface area contributed by atoms with E-state index in [-0.39, 0.29) is 24.0 Å². The number of likely N-dealkylation sites (N-methyl/N-ethyl adjacent to an activating group) is 1. The highest BCUT2D eigenvalue weighted by Gasteiger charge is 2.21. The van der Waals surface area contributed by atoms with Gasteiger partial charge in [-0.2, -0.15) is 0 Å². The summed E-state index contributed by atoms with van der Waals surface area (Å²) in [4.78, 5) is 14.4. The lowest BCUT2D eigenvalue weighted by Crippen LogP contribution is -2.53. The SMILES string of the molecule is CN=C(NCCCN1CCCN(C)CC1)N1CCN(c2cc(Cl)ccc2C)CC1.I. The summed E-state index contributed by atoms with van der Waals surface area (Å²) in [7, 11) is 4.11. The number of nitrogens with one attached hydrogen (secondary N) is 1. The van der Waals surface area contributed by atoms with Gasteiger partial charge in [0.05, 0.1) is 0 Å². The number of aliphatic imine (C=N–C) groups is 1. The van der Waals surface area contributed by atoms with Crippen molar-refractivity contribution in [2.45, 2.75) is 19.8 Å². The number of benzene rings is 1. The maximum absolute atomic E-state index is 6.21. The second kappa shape index (κ2) is 12.9. The van der Waals surface area contributed by atoms with Crippen molar-refractivity contribution in [3.8, 4) is 0 Å². The number of guanidine groups is 1. The summed E-state index contributed by atoms with van der Waals surface area (Å²) in [6.45, 7) is 13.1. The fraction of sp³-hybridized carbons (Fsp3) is 0.682. The molecule has 0 spiro atoms. The zero-order valence-corrected chi connectivity index (χ0v) is 21.8. The Kier molecular flexibility index (Phi) is 11.0. The number of hydrogen-bond donors (Lipinski definition) is 1. The third-order valence-corrected chi connectivity index (χ3v) is 6.28. The predicted octanol–water partition coefficient (Wildman–Crippen LogP) is 2.99. The quantitative estimate of drug-likeness (QED) is 0.265. The predicted molar refractivity (Wildman–Crippen MR) is 140 cm³/mol. The molecule has 2 aliphatic heterocycles. The van der Waals surface area contributed by atoms with Crippen molar-refractivity contribution < 1.29 is 0 Å². The average Bonchev–Trinajstić information content (AvgIpc) is 2.94. The molecule has 170 valence electrons. The van der Waals surface area contributed by atoms with E-state index in [0.29, 0.717) is 0 Å². The van der Waals surface area contributed by atoms with Gasteiger partial charge in [0.25, 0.3) is 0 Å². The van der Waals surface area contributed by atoms with Gasteiger partial charge in [0.15, 0.2) is 5.96 Å². The summed E-state index contributed by atoms with van der Waals surface area (Å²) in [6, 6.07) is 6.15. The average molecular weight is 549 g/mol. The third-order valence-electron chi connectivity index (χ3n) is 6.05. The Morgan fingerprint density at radius 2 is 1.83 bits per heavy atom. The van der Waals surface area contributed by atoms with E-state index in [1.807, 2.05) is 13.1 Å². The molecule has 0 radical (unpaired) electrons. The lowest BCUT2D eigenvalue weighted by Gasteiger charge is -2.38. The van der Waals surface area contributed by atoms with Gasteiger partial charge in [0.1, 0.15) is 0 Å². The van der Waals surface area contributed by atoms with Crippen LogP contribution in [0.15, 0.2) is 23.2 Å². The first-order chi connectivity index (χ1) is 14.1. The van der Waals surface area contributed by atoms with Crippen LogP contribution in [0.5, 0.6) is 0 Å². The Labute approximate surface area is 204 Å². The van der Waals surface area contributed by atoms with E-state index in [2.05, 4.69) is 56.0 Å². The molecule has 3 rings (SSSR count). The standard InChI is InChI=1S/C22H37ClN6.HI/c1-19-6-7-20(23)18-21(19)28-14-16-29(17-15-28)22(24-2)25-8-4-10-27-11-5-9-26(3)12-13-27;/h6-7,18H,4-5,8-17H2,1-3H3,(H,24,25);1H. The minimum Gasteiger partial charge on any atom is -0.368 e. The highest BCUT2D eigenvalue weighted by atomic mass is 127. The summed E-state index contributed by atoms with van der Waals surface area (Å²) in [5, 5.41) is 4.38. The molecular weight excluding hydrogens is 511 g/mol. The van der Waals surface area contributed by atoms with Crippen LogP contribution >= 0.6 is 35.6 Å². The van der Waals surface area contributed by atoms with Crippen molar-refractivity contribution in [1.82, 2.24) is 20.0 Å². The Balaban J connectivity index is 0.00000320. The van der Waals surface area contributed by atoms with Crippen molar-refractivity contribution in [2.75, 3.05) is 84.4 Å². The normalized spacial score (nSPS) is 19.4. The van der Waals surface area contributed by atoms with Crippen molar-refractivity contribution in [3.63, 3.8) is 0 Å². The molecule has 1 aromatic carbocycles. The topological polar surface area (TPSA) is 37.4 Å². The van der Waals surface area contributed by atoms with E-state index < -0.39 is 0 Å². The van der Waals surface area contributed by atoms with Gasteiger partial charge in [-0.25, -0.2) is 0 Å². The molecule has 0 bridgehead atoms. The van der Waals surface area contributed by atoms with Crippen LogP contribution in [0.1, 0.15) is 18.4 Å². The monoisotopic (exact) mass is 548 g/mol. The highest BCUT2D eigenvalue weighted by Crippen LogP contribution is 2.25. The van der Waals surface area contributed by atoms with Gasteiger partial charge >= 0.3 is 0 Å². The molecule has 0 aromatic heterocycles. The number of nitrogens with zero attached hydrogens (tertiary/aromatic N) is 5. The molecule has 2 fully saturated rings. The first kappa shape index (κ1) is 25.5. The number of halogens is 2. The van der Waals surface area contributed by atoms with Gasteiger partial charge in [-0.05, 0) is 64.1 Å². The first-order valence-electron chi connectivity index (χ1n) is 10.9. The number of hydrogen-bond acceptors (Lipinski definition) is 4. The van der Waals surface area contributed by atoms with E-state index in [1.165, 1.54) is 50.4 Å². The molecule has 0 unspecified atom stereocenters. The zero-order chi connectivity index (χ0) is 20.6. The van der Waals surface area contributed by atoms with Gasteiger partial charge in [-0.15, -0.1) is 24.0 Å². The minimum absolute atomic E-state index is 0. The van der Waals surface area contributed by atoms with E-state index in [0.717, 1.165) is 50.1 Å². The molecule has 0 saturated carbocycles. The summed E-state index contributed by atoms with van der Waals surface area (Å²) in [5.74, 6) is 1.03. The fourth-order valence-electron chi connectivity index (χ4n) is 4.24. The molecule has 1 aromatic rings. The summed E-state index contributed by atoms with van der Waals surface area (Å²) < 4.78 is 0.